The quantitative estimate of drug-likeness (QED) is 0.555. The molecule has 29 heavy (non-hydrogen) atoms. The van der Waals surface area contributed by atoms with Gasteiger partial charge < -0.3 is 9.88 Å². The number of aromatic nitrogens is 6. The summed E-state index contributed by atoms with van der Waals surface area (Å²) in [5.41, 5.74) is 4.55. The van der Waals surface area contributed by atoms with Gasteiger partial charge in [0.25, 0.3) is 11.5 Å². The smallest absolute Gasteiger partial charge is 0.277 e. The SMILES string of the molecule is Cc1nn(C)c(C)c1CCCN(C)C(=O)c1nnn2c1c(=O)[nH]c1ccccc12. The number of para-hydroxylation sites is 2. The minimum Gasteiger partial charge on any atom is -0.340 e. The Morgan fingerprint density at radius 1 is 1.24 bits per heavy atom. The van der Waals surface area contributed by atoms with Gasteiger partial charge in [0.2, 0.25) is 0 Å². The lowest BCUT2D eigenvalue weighted by molar-refractivity contribution is 0.0789. The zero-order valence-corrected chi connectivity index (χ0v) is 16.9. The fourth-order valence-corrected chi connectivity index (χ4v) is 3.70. The van der Waals surface area contributed by atoms with Crippen molar-refractivity contribution in [1.82, 2.24) is 34.5 Å². The molecule has 0 saturated heterocycles. The van der Waals surface area contributed by atoms with Crippen LogP contribution in [0.25, 0.3) is 16.6 Å². The number of aromatic amines is 1. The number of carbonyl (C=O) groups excluding carboxylic acids is 1. The van der Waals surface area contributed by atoms with Gasteiger partial charge in [-0.1, -0.05) is 17.3 Å². The van der Waals surface area contributed by atoms with Gasteiger partial charge in [0, 0.05) is 26.3 Å². The Labute approximate surface area is 166 Å². The molecule has 9 nitrogen and oxygen atoms in total. The Balaban J connectivity index is 1.55. The molecular formula is C20H23N7O2. The molecule has 0 aliphatic carbocycles. The third-order valence-corrected chi connectivity index (χ3v) is 5.39. The maximum atomic E-state index is 12.9. The van der Waals surface area contributed by atoms with Gasteiger partial charge in [-0.2, -0.15) is 5.10 Å². The molecule has 0 unspecified atom stereocenters. The third kappa shape index (κ3) is 3.18. The van der Waals surface area contributed by atoms with E-state index >= 15 is 0 Å². The molecule has 0 atom stereocenters. The molecule has 9 heteroatoms. The lowest BCUT2D eigenvalue weighted by Crippen LogP contribution is -2.29. The fraction of sp³-hybridized carbons (Fsp3) is 0.350. The molecule has 0 saturated carbocycles. The van der Waals surface area contributed by atoms with Crippen molar-refractivity contribution in [3.8, 4) is 0 Å². The molecule has 0 spiro atoms. The van der Waals surface area contributed by atoms with Gasteiger partial charge in [0.15, 0.2) is 11.2 Å². The van der Waals surface area contributed by atoms with Gasteiger partial charge in [-0.25, -0.2) is 4.52 Å². The number of rotatable bonds is 5. The first-order chi connectivity index (χ1) is 13.9. The average Bonchev–Trinajstić information content (AvgIpc) is 3.25. The van der Waals surface area contributed by atoms with E-state index in [0.717, 1.165) is 24.2 Å². The summed E-state index contributed by atoms with van der Waals surface area (Å²) < 4.78 is 3.30. The highest BCUT2D eigenvalue weighted by atomic mass is 16.2. The van der Waals surface area contributed by atoms with Crippen molar-refractivity contribution in [2.24, 2.45) is 7.05 Å². The van der Waals surface area contributed by atoms with Crippen LogP contribution in [0.15, 0.2) is 29.1 Å². The summed E-state index contributed by atoms with van der Waals surface area (Å²) in [5.74, 6) is -0.319. The number of nitrogens with one attached hydrogen (secondary N) is 1. The van der Waals surface area contributed by atoms with E-state index in [1.807, 2.05) is 43.8 Å². The fourth-order valence-electron chi connectivity index (χ4n) is 3.70. The molecule has 4 rings (SSSR count). The maximum absolute atomic E-state index is 12.9. The zero-order valence-electron chi connectivity index (χ0n) is 16.9. The van der Waals surface area contributed by atoms with E-state index in [1.54, 1.807) is 18.0 Å². The van der Waals surface area contributed by atoms with Gasteiger partial charge in [0.1, 0.15) is 0 Å². The Hall–Kier alpha value is -3.49. The molecule has 3 aromatic heterocycles. The highest BCUT2D eigenvalue weighted by molar-refractivity contribution is 5.99. The Kier molecular flexibility index (Phi) is 4.65. The van der Waals surface area contributed by atoms with Crippen LogP contribution in [0.3, 0.4) is 0 Å². The second kappa shape index (κ2) is 7.16. The van der Waals surface area contributed by atoms with Gasteiger partial charge in [-0.05, 0) is 44.4 Å². The minimum atomic E-state index is -0.382. The summed E-state index contributed by atoms with van der Waals surface area (Å²) in [6.07, 6.45) is 1.62. The molecule has 0 fully saturated rings. The molecule has 1 aromatic carbocycles. The maximum Gasteiger partial charge on any atom is 0.277 e. The van der Waals surface area contributed by atoms with Gasteiger partial charge in [0.05, 0.1) is 16.7 Å². The second-order valence-electron chi connectivity index (χ2n) is 7.27. The van der Waals surface area contributed by atoms with Crippen molar-refractivity contribution in [2.75, 3.05) is 13.6 Å². The topological polar surface area (TPSA) is 101 Å². The van der Waals surface area contributed by atoms with E-state index in [0.29, 0.717) is 17.6 Å². The van der Waals surface area contributed by atoms with Gasteiger partial charge in [-0.15, -0.1) is 5.10 Å². The van der Waals surface area contributed by atoms with E-state index in [-0.39, 0.29) is 22.7 Å². The van der Waals surface area contributed by atoms with Crippen LogP contribution in [-0.4, -0.2) is 54.0 Å². The molecule has 0 bridgehead atoms. The summed E-state index contributed by atoms with van der Waals surface area (Å²) in [6, 6.07) is 7.28. The van der Waals surface area contributed by atoms with Crippen molar-refractivity contribution in [3.05, 3.63) is 57.3 Å². The van der Waals surface area contributed by atoms with Crippen LogP contribution < -0.4 is 5.56 Å². The highest BCUT2D eigenvalue weighted by Gasteiger charge is 2.22. The van der Waals surface area contributed by atoms with Crippen LogP contribution in [-0.2, 0) is 13.5 Å². The van der Waals surface area contributed by atoms with Crippen molar-refractivity contribution >= 4 is 22.5 Å². The molecule has 1 amide bonds. The normalized spacial score (nSPS) is 11.4. The van der Waals surface area contributed by atoms with E-state index in [4.69, 9.17) is 0 Å². The summed E-state index contributed by atoms with van der Waals surface area (Å²) in [6.45, 7) is 4.58. The largest absolute Gasteiger partial charge is 0.340 e. The first-order valence-corrected chi connectivity index (χ1v) is 9.49. The van der Waals surface area contributed by atoms with Crippen LogP contribution in [0.5, 0.6) is 0 Å². The molecule has 150 valence electrons. The van der Waals surface area contributed by atoms with Crippen LogP contribution in [0, 0.1) is 13.8 Å². The monoisotopic (exact) mass is 393 g/mol. The lowest BCUT2D eigenvalue weighted by atomic mass is 10.1. The summed E-state index contributed by atoms with van der Waals surface area (Å²) in [4.78, 5) is 29.8. The molecule has 4 aromatic rings. The van der Waals surface area contributed by atoms with E-state index in [9.17, 15) is 9.59 Å². The number of H-pyrrole nitrogens is 1. The van der Waals surface area contributed by atoms with Crippen molar-refractivity contribution in [2.45, 2.75) is 26.7 Å². The lowest BCUT2D eigenvalue weighted by Gasteiger charge is -2.15. The Morgan fingerprint density at radius 2 is 2.00 bits per heavy atom. The number of hydrogen-bond acceptors (Lipinski definition) is 5. The van der Waals surface area contributed by atoms with Crippen LogP contribution >= 0.6 is 0 Å². The molecule has 0 radical (unpaired) electrons. The van der Waals surface area contributed by atoms with Crippen LogP contribution in [0.1, 0.15) is 33.9 Å². The first-order valence-electron chi connectivity index (χ1n) is 9.49. The second-order valence-corrected chi connectivity index (χ2v) is 7.27. The van der Waals surface area contributed by atoms with Crippen molar-refractivity contribution in [1.29, 1.82) is 0 Å². The predicted molar refractivity (Wildman–Crippen MR) is 109 cm³/mol. The minimum absolute atomic E-state index is 0.0632. The number of amides is 1. The van der Waals surface area contributed by atoms with E-state index in [2.05, 4.69) is 20.4 Å². The Bertz CT molecular complexity index is 1280. The molecule has 1 N–H and O–H groups in total. The number of nitrogens with zero attached hydrogens (tertiary/aromatic N) is 6. The standard InChI is InChI=1S/C20H23N7O2/c1-12-14(13(2)26(4)23-12)8-7-11-25(3)20(29)17-18-19(28)21-15-9-5-6-10-16(15)27(18)24-22-17/h5-6,9-10H,7-8,11H2,1-4H3,(H,21,28). The third-order valence-electron chi connectivity index (χ3n) is 5.39. The first kappa shape index (κ1) is 18.9. The number of carbonyl (C=O) groups is 1. The van der Waals surface area contributed by atoms with Crippen molar-refractivity contribution in [3.63, 3.8) is 0 Å². The Morgan fingerprint density at radius 3 is 2.72 bits per heavy atom. The average molecular weight is 393 g/mol. The van der Waals surface area contributed by atoms with Crippen LogP contribution in [0.4, 0.5) is 0 Å². The van der Waals surface area contributed by atoms with Gasteiger partial charge >= 0.3 is 0 Å². The van der Waals surface area contributed by atoms with E-state index in [1.165, 1.54) is 10.1 Å². The molecule has 0 aliphatic heterocycles. The number of fused-ring (bicyclic) bond motifs is 3. The number of benzene rings is 1. The zero-order chi connectivity index (χ0) is 20.7. The molecule has 3 heterocycles. The summed E-state index contributed by atoms with van der Waals surface area (Å²) in [5, 5.41) is 12.5. The summed E-state index contributed by atoms with van der Waals surface area (Å²) >= 11 is 0. The van der Waals surface area contributed by atoms with Crippen molar-refractivity contribution < 1.29 is 4.79 Å². The van der Waals surface area contributed by atoms with E-state index < -0.39 is 0 Å². The number of hydrogen-bond donors (Lipinski definition) is 1. The highest BCUT2D eigenvalue weighted by Crippen LogP contribution is 2.16. The molecule has 0 aliphatic rings. The van der Waals surface area contributed by atoms with Gasteiger partial charge in [-0.3, -0.25) is 14.3 Å². The summed E-state index contributed by atoms with van der Waals surface area (Å²) in [7, 11) is 3.64. The predicted octanol–water partition coefficient (Wildman–Crippen LogP) is 1.63. The number of aryl methyl sites for hydroxylation is 2. The molecular weight excluding hydrogens is 370 g/mol. The van der Waals surface area contributed by atoms with Crippen LogP contribution in [0.2, 0.25) is 0 Å².